The van der Waals surface area contributed by atoms with Crippen LogP contribution in [0.3, 0.4) is 0 Å². The summed E-state index contributed by atoms with van der Waals surface area (Å²) in [5, 5.41) is 12.4. The summed E-state index contributed by atoms with van der Waals surface area (Å²) in [6, 6.07) is 9.81. The summed E-state index contributed by atoms with van der Waals surface area (Å²) in [6.45, 7) is 4.03. The van der Waals surface area contributed by atoms with E-state index in [-0.39, 0.29) is 5.91 Å². The van der Waals surface area contributed by atoms with Crippen LogP contribution in [-0.4, -0.2) is 36.0 Å². The number of carbonyl (C=O) groups excluding carboxylic acids is 1. The third-order valence-electron chi connectivity index (χ3n) is 5.01. The fourth-order valence-electron chi connectivity index (χ4n) is 3.60. The first kappa shape index (κ1) is 18.9. The number of amides is 1. The maximum atomic E-state index is 12.1. The van der Waals surface area contributed by atoms with Crippen LogP contribution >= 0.6 is 0 Å². The Kier molecular flexibility index (Phi) is 4.66. The predicted molar refractivity (Wildman–Crippen MR) is 120 cm³/mol. The molecule has 5 rings (SSSR count). The first-order valence-electron chi connectivity index (χ1n) is 10.1. The van der Waals surface area contributed by atoms with E-state index in [9.17, 15) is 4.79 Å². The van der Waals surface area contributed by atoms with Crippen molar-refractivity contribution >= 4 is 33.5 Å². The SMILES string of the molecule is CC(C)CC(=O)Nc1cncc(-c2cc3c(-c4cc5cccnc5[nH]4)n[nH]c3cn2)c1. The molecule has 0 unspecified atom stereocenters. The molecule has 0 saturated heterocycles. The number of pyridine rings is 3. The van der Waals surface area contributed by atoms with Crippen molar-refractivity contribution in [2.24, 2.45) is 5.92 Å². The lowest BCUT2D eigenvalue weighted by atomic mass is 10.1. The van der Waals surface area contributed by atoms with Gasteiger partial charge in [-0.2, -0.15) is 5.10 Å². The van der Waals surface area contributed by atoms with Gasteiger partial charge in [0.25, 0.3) is 0 Å². The number of anilines is 1. The van der Waals surface area contributed by atoms with Gasteiger partial charge >= 0.3 is 0 Å². The Hall–Kier alpha value is -4.07. The third kappa shape index (κ3) is 3.75. The average Bonchev–Trinajstić information content (AvgIpc) is 3.36. The highest BCUT2D eigenvalue weighted by Crippen LogP contribution is 2.30. The van der Waals surface area contributed by atoms with Crippen LogP contribution in [-0.2, 0) is 4.79 Å². The Morgan fingerprint density at radius 1 is 1.13 bits per heavy atom. The topological polar surface area (TPSA) is 112 Å². The Morgan fingerprint density at radius 3 is 2.87 bits per heavy atom. The van der Waals surface area contributed by atoms with Gasteiger partial charge in [-0.05, 0) is 36.2 Å². The van der Waals surface area contributed by atoms with E-state index in [1.807, 2.05) is 44.2 Å². The van der Waals surface area contributed by atoms with Gasteiger partial charge < -0.3 is 10.3 Å². The van der Waals surface area contributed by atoms with Crippen molar-refractivity contribution in [3.8, 4) is 22.6 Å². The minimum absolute atomic E-state index is 0.0260. The molecular formula is C23H21N7O. The molecule has 0 aromatic carbocycles. The largest absolute Gasteiger partial charge is 0.338 e. The van der Waals surface area contributed by atoms with E-state index in [1.165, 1.54) is 0 Å². The van der Waals surface area contributed by atoms with Gasteiger partial charge in [-0.15, -0.1) is 0 Å². The lowest BCUT2D eigenvalue weighted by molar-refractivity contribution is -0.116. The number of nitrogens with zero attached hydrogens (tertiary/aromatic N) is 4. The normalized spacial score (nSPS) is 11.5. The van der Waals surface area contributed by atoms with Gasteiger partial charge in [0.2, 0.25) is 5.91 Å². The molecule has 154 valence electrons. The van der Waals surface area contributed by atoms with E-state index in [0.29, 0.717) is 18.0 Å². The summed E-state index contributed by atoms with van der Waals surface area (Å²) < 4.78 is 0. The molecule has 0 fully saturated rings. The van der Waals surface area contributed by atoms with E-state index in [4.69, 9.17) is 0 Å². The molecule has 31 heavy (non-hydrogen) atoms. The summed E-state index contributed by atoms with van der Waals surface area (Å²) in [5.74, 6) is 0.265. The summed E-state index contributed by atoms with van der Waals surface area (Å²) in [5.41, 5.74) is 5.54. The Bertz CT molecular complexity index is 1370. The van der Waals surface area contributed by atoms with Crippen LogP contribution < -0.4 is 5.32 Å². The van der Waals surface area contributed by atoms with Gasteiger partial charge in [-0.3, -0.25) is 19.9 Å². The zero-order valence-corrected chi connectivity index (χ0v) is 17.2. The molecule has 0 spiro atoms. The molecule has 0 radical (unpaired) electrons. The number of aromatic nitrogens is 6. The highest BCUT2D eigenvalue weighted by molar-refractivity contribution is 5.96. The van der Waals surface area contributed by atoms with E-state index < -0.39 is 0 Å². The standard InChI is InChI=1S/C23H21N7O/c1-13(2)6-21(31)27-16-7-15(10-24-11-16)18-9-17-20(12-26-18)29-30-22(17)19-8-14-4-3-5-25-23(14)28-19/h3-5,7-13H,6H2,1-2H3,(H,25,28)(H,27,31)(H,29,30). The van der Waals surface area contributed by atoms with Crippen LogP contribution in [0.15, 0.2) is 55.1 Å². The molecule has 3 N–H and O–H groups in total. The lowest BCUT2D eigenvalue weighted by Crippen LogP contribution is -2.13. The maximum absolute atomic E-state index is 12.1. The number of fused-ring (bicyclic) bond motifs is 2. The van der Waals surface area contributed by atoms with Crippen molar-refractivity contribution in [1.29, 1.82) is 0 Å². The zero-order valence-electron chi connectivity index (χ0n) is 17.2. The molecule has 8 heteroatoms. The first-order chi connectivity index (χ1) is 15.1. The zero-order chi connectivity index (χ0) is 21.4. The minimum atomic E-state index is -0.0260. The Morgan fingerprint density at radius 2 is 2.03 bits per heavy atom. The second-order valence-electron chi connectivity index (χ2n) is 7.92. The number of H-pyrrole nitrogens is 2. The summed E-state index contributed by atoms with van der Waals surface area (Å²) in [6.07, 6.45) is 7.35. The van der Waals surface area contributed by atoms with Crippen molar-refractivity contribution in [1.82, 2.24) is 30.1 Å². The van der Waals surface area contributed by atoms with Crippen molar-refractivity contribution < 1.29 is 4.79 Å². The number of hydrogen-bond donors (Lipinski definition) is 3. The average molecular weight is 411 g/mol. The molecule has 8 nitrogen and oxygen atoms in total. The van der Waals surface area contributed by atoms with Crippen molar-refractivity contribution in [2.45, 2.75) is 20.3 Å². The highest BCUT2D eigenvalue weighted by Gasteiger charge is 2.14. The van der Waals surface area contributed by atoms with Crippen molar-refractivity contribution in [2.75, 3.05) is 5.32 Å². The monoisotopic (exact) mass is 411 g/mol. The summed E-state index contributed by atoms with van der Waals surface area (Å²) in [7, 11) is 0. The van der Waals surface area contributed by atoms with Crippen molar-refractivity contribution in [3.63, 3.8) is 0 Å². The van der Waals surface area contributed by atoms with Crippen molar-refractivity contribution in [3.05, 3.63) is 55.1 Å². The van der Waals surface area contributed by atoms with Crippen LogP contribution in [0.5, 0.6) is 0 Å². The first-order valence-corrected chi connectivity index (χ1v) is 10.1. The third-order valence-corrected chi connectivity index (χ3v) is 5.01. The molecule has 5 aromatic rings. The number of rotatable bonds is 5. The Labute approximate surface area is 178 Å². The van der Waals surface area contributed by atoms with E-state index in [0.717, 1.165) is 44.6 Å². The predicted octanol–water partition coefficient (Wildman–Crippen LogP) is 4.55. The molecule has 0 saturated carbocycles. The van der Waals surface area contributed by atoms with Crippen LogP contribution in [0.1, 0.15) is 20.3 Å². The fourth-order valence-corrected chi connectivity index (χ4v) is 3.60. The molecule has 5 heterocycles. The van der Waals surface area contributed by atoms with Crippen LogP contribution in [0.25, 0.3) is 44.6 Å². The quantitative estimate of drug-likeness (QED) is 0.393. The summed E-state index contributed by atoms with van der Waals surface area (Å²) >= 11 is 0. The van der Waals surface area contributed by atoms with Crippen LogP contribution in [0.4, 0.5) is 5.69 Å². The van der Waals surface area contributed by atoms with Gasteiger partial charge in [-0.1, -0.05) is 13.8 Å². The van der Waals surface area contributed by atoms with E-state index >= 15 is 0 Å². The number of nitrogens with one attached hydrogen (secondary N) is 3. The number of hydrogen-bond acceptors (Lipinski definition) is 5. The molecule has 0 aliphatic rings. The second kappa shape index (κ2) is 7.64. The molecule has 0 aliphatic carbocycles. The number of aromatic amines is 2. The molecule has 0 atom stereocenters. The van der Waals surface area contributed by atoms with Gasteiger partial charge in [0.1, 0.15) is 11.3 Å². The number of carbonyl (C=O) groups is 1. The fraction of sp³-hybridized carbons (Fsp3) is 0.174. The van der Waals surface area contributed by atoms with Gasteiger partial charge in [0.05, 0.1) is 35.0 Å². The van der Waals surface area contributed by atoms with Gasteiger partial charge in [-0.25, -0.2) is 4.98 Å². The molecule has 1 amide bonds. The van der Waals surface area contributed by atoms with E-state index in [2.05, 4.69) is 35.5 Å². The molecular weight excluding hydrogens is 390 g/mol. The minimum Gasteiger partial charge on any atom is -0.338 e. The van der Waals surface area contributed by atoms with Crippen LogP contribution in [0.2, 0.25) is 0 Å². The smallest absolute Gasteiger partial charge is 0.224 e. The highest BCUT2D eigenvalue weighted by atomic mass is 16.1. The van der Waals surface area contributed by atoms with Gasteiger partial charge in [0, 0.05) is 35.2 Å². The molecule has 0 bridgehead atoms. The molecule has 0 aliphatic heterocycles. The lowest BCUT2D eigenvalue weighted by Gasteiger charge is -2.08. The van der Waals surface area contributed by atoms with Gasteiger partial charge in [0.15, 0.2) is 0 Å². The molecule has 5 aromatic heterocycles. The maximum Gasteiger partial charge on any atom is 0.224 e. The summed E-state index contributed by atoms with van der Waals surface area (Å²) in [4.78, 5) is 28.6. The Balaban J connectivity index is 1.51. The van der Waals surface area contributed by atoms with E-state index in [1.54, 1.807) is 24.8 Å². The second-order valence-corrected chi connectivity index (χ2v) is 7.92. The van der Waals surface area contributed by atoms with Crippen LogP contribution in [0, 0.1) is 5.92 Å².